The van der Waals surface area contributed by atoms with Gasteiger partial charge in [-0.3, -0.25) is 34.2 Å². The van der Waals surface area contributed by atoms with E-state index in [0.717, 1.165) is 4.90 Å². The van der Waals surface area contributed by atoms with Gasteiger partial charge in [-0.1, -0.05) is 6.07 Å². The fourth-order valence-corrected chi connectivity index (χ4v) is 3.40. The van der Waals surface area contributed by atoms with E-state index >= 15 is 0 Å². The Morgan fingerprint density at radius 1 is 1.03 bits per heavy atom. The lowest BCUT2D eigenvalue weighted by Gasteiger charge is -2.27. The zero-order chi connectivity index (χ0) is 28.5. The summed E-state index contributed by atoms with van der Waals surface area (Å²) in [5.74, 6) is -5.90. The summed E-state index contributed by atoms with van der Waals surface area (Å²) in [4.78, 5) is 69.4. The number of hydrogen-bond donors (Lipinski definition) is 4. The number of alkyl halides is 3. The minimum absolute atomic E-state index is 0.0618. The molecule has 16 heteroatoms. The van der Waals surface area contributed by atoms with Crippen molar-refractivity contribution < 1.29 is 61.6 Å². The second kappa shape index (κ2) is 13.5. The van der Waals surface area contributed by atoms with Crippen LogP contribution in [0.1, 0.15) is 40.0 Å². The van der Waals surface area contributed by atoms with Gasteiger partial charge in [-0.15, -0.1) is 0 Å². The van der Waals surface area contributed by atoms with Crippen molar-refractivity contribution in [3.8, 4) is 0 Å². The Bertz CT molecular complexity index is 1090. The molecule has 0 spiro atoms. The van der Waals surface area contributed by atoms with Crippen molar-refractivity contribution in [3.63, 3.8) is 0 Å². The van der Waals surface area contributed by atoms with Crippen LogP contribution in [-0.2, 0) is 28.7 Å². The molecule has 1 fully saturated rings. The van der Waals surface area contributed by atoms with Gasteiger partial charge in [0.15, 0.2) is 0 Å². The van der Waals surface area contributed by atoms with Crippen LogP contribution in [0.5, 0.6) is 0 Å². The summed E-state index contributed by atoms with van der Waals surface area (Å²) in [5.41, 5.74) is 0.841. The molecular weight excluding hydrogens is 523 g/mol. The van der Waals surface area contributed by atoms with E-state index in [2.05, 4.69) is 10.6 Å². The van der Waals surface area contributed by atoms with Gasteiger partial charge in [-0.25, -0.2) is 4.79 Å². The summed E-state index contributed by atoms with van der Waals surface area (Å²) >= 11 is 0. The van der Waals surface area contributed by atoms with Crippen LogP contribution in [-0.4, -0.2) is 95.9 Å². The summed E-state index contributed by atoms with van der Waals surface area (Å²) in [6.07, 6.45) is -4.99. The van der Waals surface area contributed by atoms with E-state index in [1.54, 1.807) is 12.1 Å². The number of anilines is 1. The number of carbonyl (C=O) groups is 6. The van der Waals surface area contributed by atoms with Crippen molar-refractivity contribution >= 4 is 41.3 Å². The van der Waals surface area contributed by atoms with Crippen LogP contribution in [0.4, 0.5) is 18.9 Å². The monoisotopic (exact) mass is 547 g/mol. The van der Waals surface area contributed by atoms with Crippen LogP contribution in [0.15, 0.2) is 18.2 Å². The Morgan fingerprint density at radius 3 is 2.24 bits per heavy atom. The highest BCUT2D eigenvalue weighted by Crippen LogP contribution is 2.32. The maximum absolute atomic E-state index is 12.9. The zero-order valence-corrected chi connectivity index (χ0v) is 19.7. The fourth-order valence-electron chi connectivity index (χ4n) is 3.40. The maximum atomic E-state index is 12.9. The summed E-state index contributed by atoms with van der Waals surface area (Å²) in [6, 6.07) is 3.81. The number of benzene rings is 1. The summed E-state index contributed by atoms with van der Waals surface area (Å²) in [7, 11) is 0. The molecule has 1 aromatic carbocycles. The molecule has 2 aliphatic rings. The molecule has 38 heavy (non-hydrogen) atoms. The second-order valence-corrected chi connectivity index (χ2v) is 7.77. The lowest BCUT2D eigenvalue weighted by Crippen LogP contribution is -2.54. The normalized spacial score (nSPS) is 16.9. The number of amides is 4. The third-order valence-corrected chi connectivity index (χ3v) is 5.10. The lowest BCUT2D eigenvalue weighted by atomic mass is 10.0. The minimum Gasteiger partial charge on any atom is -0.481 e. The first-order valence-corrected chi connectivity index (χ1v) is 11.1. The summed E-state index contributed by atoms with van der Waals surface area (Å²) in [5, 5.41) is 20.9. The van der Waals surface area contributed by atoms with Gasteiger partial charge in [0.05, 0.1) is 44.0 Å². The first-order chi connectivity index (χ1) is 17.8. The van der Waals surface area contributed by atoms with Crippen LogP contribution in [0.25, 0.3) is 0 Å². The molecule has 4 N–H and O–H groups in total. The third-order valence-electron chi connectivity index (χ3n) is 5.10. The van der Waals surface area contributed by atoms with Crippen molar-refractivity contribution in [2.24, 2.45) is 0 Å². The average Bonchev–Trinajstić information content (AvgIpc) is 3.08. The zero-order valence-electron chi connectivity index (χ0n) is 19.7. The van der Waals surface area contributed by atoms with Crippen LogP contribution < -0.4 is 10.6 Å². The van der Waals surface area contributed by atoms with E-state index in [9.17, 15) is 37.1 Å². The first-order valence-electron chi connectivity index (χ1n) is 11.1. The van der Waals surface area contributed by atoms with Crippen molar-refractivity contribution in [2.45, 2.75) is 31.5 Å². The Labute approximate surface area is 212 Å². The van der Waals surface area contributed by atoms with Gasteiger partial charge in [0.2, 0.25) is 11.8 Å². The van der Waals surface area contributed by atoms with Crippen LogP contribution in [0, 0.1) is 0 Å². The average molecular weight is 547 g/mol. The highest BCUT2D eigenvalue weighted by atomic mass is 19.4. The number of nitrogens with zero attached hydrogens (tertiary/aromatic N) is 1. The largest absolute Gasteiger partial charge is 0.490 e. The predicted molar refractivity (Wildman–Crippen MR) is 119 cm³/mol. The van der Waals surface area contributed by atoms with E-state index in [4.69, 9.17) is 24.5 Å². The van der Waals surface area contributed by atoms with Crippen LogP contribution >= 0.6 is 0 Å². The number of carbonyl (C=O) groups excluding carboxylic acids is 4. The van der Waals surface area contributed by atoms with Gasteiger partial charge in [-0.05, 0) is 18.6 Å². The molecule has 0 aromatic heterocycles. The number of imide groups is 2. The molecule has 1 saturated heterocycles. The van der Waals surface area contributed by atoms with Gasteiger partial charge >= 0.3 is 18.1 Å². The van der Waals surface area contributed by atoms with Gasteiger partial charge in [0.25, 0.3) is 11.8 Å². The highest BCUT2D eigenvalue weighted by Gasteiger charge is 2.45. The minimum atomic E-state index is -5.08. The number of halogens is 3. The van der Waals surface area contributed by atoms with E-state index in [1.807, 2.05) is 0 Å². The molecule has 0 saturated carbocycles. The molecule has 2 aliphatic heterocycles. The number of piperidine rings is 1. The summed E-state index contributed by atoms with van der Waals surface area (Å²) in [6.45, 7) is 1.32. The molecule has 0 radical (unpaired) electrons. The van der Waals surface area contributed by atoms with Gasteiger partial charge in [0, 0.05) is 18.7 Å². The van der Waals surface area contributed by atoms with Crippen molar-refractivity contribution in [3.05, 3.63) is 29.3 Å². The van der Waals surface area contributed by atoms with Crippen molar-refractivity contribution in [1.29, 1.82) is 0 Å². The molecular formula is C22H24F3N3O10. The van der Waals surface area contributed by atoms with E-state index < -0.39 is 47.8 Å². The van der Waals surface area contributed by atoms with Crippen molar-refractivity contribution in [2.75, 3.05) is 38.3 Å². The van der Waals surface area contributed by atoms with Crippen molar-refractivity contribution in [1.82, 2.24) is 10.2 Å². The number of nitrogens with one attached hydrogen (secondary N) is 2. The fraction of sp³-hybridized carbons (Fsp3) is 0.455. The third kappa shape index (κ3) is 8.24. The van der Waals surface area contributed by atoms with E-state index in [1.165, 1.54) is 6.07 Å². The molecule has 1 atom stereocenters. The Hall–Kier alpha value is -4.05. The topological polar surface area (TPSA) is 189 Å². The summed E-state index contributed by atoms with van der Waals surface area (Å²) < 4.78 is 42.2. The quantitative estimate of drug-likeness (QED) is 0.225. The number of aliphatic carboxylic acids is 2. The Kier molecular flexibility index (Phi) is 10.7. The number of fused-ring (bicyclic) bond motifs is 1. The molecule has 13 nitrogen and oxygen atoms in total. The molecule has 4 amide bonds. The number of hydrogen-bond acceptors (Lipinski definition) is 9. The molecule has 3 rings (SSSR count). The lowest BCUT2D eigenvalue weighted by molar-refractivity contribution is -0.192. The predicted octanol–water partition coefficient (Wildman–Crippen LogP) is 0.641. The van der Waals surface area contributed by atoms with E-state index in [0.29, 0.717) is 18.8 Å². The standard InChI is InChI=1S/C20H23N3O8.C2HF3O2/c24-15-5-4-14(18(27)22-15)23-19(28)12-2-1-3-13(17(12)20(23)29)21-7-9-31-11-10-30-8-6-16(25)26;3-2(4,5)1(6)7/h1-3,14,21H,4-11H2,(H,25,26)(H,22,24,27);(H,6,7). The molecule has 1 unspecified atom stereocenters. The highest BCUT2D eigenvalue weighted by molar-refractivity contribution is 6.25. The van der Waals surface area contributed by atoms with E-state index in [-0.39, 0.29) is 50.2 Å². The number of ether oxygens (including phenoxy) is 2. The van der Waals surface area contributed by atoms with Crippen LogP contribution in [0.3, 0.4) is 0 Å². The van der Waals surface area contributed by atoms with Gasteiger partial charge < -0.3 is 25.0 Å². The smallest absolute Gasteiger partial charge is 0.481 e. The number of carboxylic acids is 2. The Morgan fingerprint density at radius 2 is 1.66 bits per heavy atom. The molecule has 0 aliphatic carbocycles. The molecule has 1 aromatic rings. The van der Waals surface area contributed by atoms with Crippen LogP contribution in [0.2, 0.25) is 0 Å². The Balaban J connectivity index is 0.000000638. The molecule has 0 bridgehead atoms. The van der Waals surface area contributed by atoms with Gasteiger partial charge in [-0.2, -0.15) is 13.2 Å². The SMILES string of the molecule is O=C(O)C(F)(F)F.O=C(O)CCOCCOCCNc1cccc2c1C(=O)N(C1CCC(=O)NC1=O)C2=O. The second-order valence-electron chi connectivity index (χ2n) is 7.77. The maximum Gasteiger partial charge on any atom is 0.490 e. The molecule has 208 valence electrons. The molecule has 2 heterocycles. The number of rotatable bonds is 11. The number of carboxylic acid groups (broad SMARTS) is 2. The van der Waals surface area contributed by atoms with Gasteiger partial charge in [0.1, 0.15) is 6.04 Å². The first kappa shape index (κ1) is 30.2.